The van der Waals surface area contributed by atoms with E-state index in [1.54, 1.807) is 12.1 Å². The molecule has 0 radical (unpaired) electrons. The number of ether oxygens (including phenoxy) is 1. The minimum Gasteiger partial charge on any atom is -0.482 e. The fourth-order valence-corrected chi connectivity index (χ4v) is 1.01. The molecule has 1 atom stereocenters. The normalized spacial score (nSPS) is 12.1. The summed E-state index contributed by atoms with van der Waals surface area (Å²) in [5.74, 6) is -0.446. The van der Waals surface area contributed by atoms with Gasteiger partial charge in [0.2, 0.25) is 0 Å². The zero-order chi connectivity index (χ0) is 10.6. The Morgan fingerprint density at radius 2 is 2.07 bits per heavy atom. The van der Waals surface area contributed by atoms with Crippen LogP contribution in [0.25, 0.3) is 0 Å². The summed E-state index contributed by atoms with van der Waals surface area (Å²) in [6.07, 6.45) is 0. The molecule has 0 bridgehead atoms. The van der Waals surface area contributed by atoms with Gasteiger partial charge >= 0.3 is 5.97 Å². The van der Waals surface area contributed by atoms with Gasteiger partial charge in [0.05, 0.1) is 0 Å². The van der Waals surface area contributed by atoms with Crippen LogP contribution in [0.3, 0.4) is 0 Å². The molecular weight excluding hydrogens is 182 g/mol. The summed E-state index contributed by atoms with van der Waals surface area (Å²) in [4.78, 5) is 10.2. The van der Waals surface area contributed by atoms with Crippen molar-refractivity contribution < 1.29 is 14.6 Å². The van der Waals surface area contributed by atoms with Crippen LogP contribution in [0.4, 0.5) is 0 Å². The molecule has 0 amide bonds. The van der Waals surface area contributed by atoms with Crippen LogP contribution in [0.1, 0.15) is 18.5 Å². The van der Waals surface area contributed by atoms with Gasteiger partial charge in [-0.15, -0.1) is 0 Å². The lowest BCUT2D eigenvalue weighted by Crippen LogP contribution is -2.09. The smallest absolute Gasteiger partial charge is 0.341 e. The molecule has 0 aromatic heterocycles. The third-order valence-corrected chi connectivity index (χ3v) is 1.77. The molecule has 0 fully saturated rings. The lowest BCUT2D eigenvalue weighted by molar-refractivity contribution is -0.139. The van der Waals surface area contributed by atoms with Crippen LogP contribution in [0, 0.1) is 0 Å². The van der Waals surface area contributed by atoms with Crippen molar-refractivity contribution in [1.29, 1.82) is 0 Å². The van der Waals surface area contributed by atoms with Gasteiger partial charge in [-0.2, -0.15) is 0 Å². The van der Waals surface area contributed by atoms with Gasteiger partial charge in [-0.05, 0) is 24.6 Å². The lowest BCUT2D eigenvalue weighted by Gasteiger charge is -2.07. The van der Waals surface area contributed by atoms with E-state index in [0.29, 0.717) is 5.75 Å². The summed E-state index contributed by atoms with van der Waals surface area (Å²) in [6, 6.07) is 7.04. The Bertz CT molecular complexity index is 306. The Morgan fingerprint density at radius 3 is 2.50 bits per heavy atom. The fraction of sp³-hybridized carbons (Fsp3) is 0.300. The Hall–Kier alpha value is -1.55. The first-order valence-electron chi connectivity index (χ1n) is 4.29. The van der Waals surface area contributed by atoms with Crippen molar-refractivity contribution in [2.24, 2.45) is 5.73 Å². The quantitative estimate of drug-likeness (QED) is 0.756. The van der Waals surface area contributed by atoms with Crippen molar-refractivity contribution in [1.82, 2.24) is 0 Å². The number of carboxylic acid groups (broad SMARTS) is 1. The van der Waals surface area contributed by atoms with E-state index in [1.807, 2.05) is 19.1 Å². The summed E-state index contributed by atoms with van der Waals surface area (Å²) in [6.45, 7) is 1.56. The van der Waals surface area contributed by atoms with Gasteiger partial charge in [0.15, 0.2) is 6.61 Å². The SMILES string of the molecule is C[C@@H](N)c1ccc(OCC(=O)O)cc1. The number of hydrogen-bond donors (Lipinski definition) is 2. The van der Waals surface area contributed by atoms with Crippen molar-refractivity contribution in [3.05, 3.63) is 29.8 Å². The van der Waals surface area contributed by atoms with E-state index in [1.165, 1.54) is 0 Å². The van der Waals surface area contributed by atoms with Crippen molar-refractivity contribution >= 4 is 5.97 Å². The summed E-state index contributed by atoms with van der Waals surface area (Å²) in [5, 5.41) is 8.37. The second-order valence-electron chi connectivity index (χ2n) is 3.04. The summed E-state index contributed by atoms with van der Waals surface area (Å²) in [7, 11) is 0. The zero-order valence-electron chi connectivity index (χ0n) is 7.93. The molecule has 0 aliphatic carbocycles. The lowest BCUT2D eigenvalue weighted by atomic mass is 10.1. The van der Waals surface area contributed by atoms with Crippen molar-refractivity contribution in [3.63, 3.8) is 0 Å². The third kappa shape index (κ3) is 3.06. The van der Waals surface area contributed by atoms with Gasteiger partial charge in [0, 0.05) is 6.04 Å². The van der Waals surface area contributed by atoms with E-state index in [-0.39, 0.29) is 12.6 Å². The predicted octanol–water partition coefficient (Wildman–Crippen LogP) is 1.17. The van der Waals surface area contributed by atoms with Gasteiger partial charge in [-0.1, -0.05) is 12.1 Å². The van der Waals surface area contributed by atoms with E-state index >= 15 is 0 Å². The highest BCUT2D eigenvalue weighted by atomic mass is 16.5. The van der Waals surface area contributed by atoms with Gasteiger partial charge in [-0.3, -0.25) is 0 Å². The number of rotatable bonds is 4. The second-order valence-corrected chi connectivity index (χ2v) is 3.04. The molecular formula is C10H13NO3. The minimum absolute atomic E-state index is 0.0245. The van der Waals surface area contributed by atoms with E-state index < -0.39 is 5.97 Å². The van der Waals surface area contributed by atoms with Gasteiger partial charge in [0.25, 0.3) is 0 Å². The number of aliphatic carboxylic acids is 1. The summed E-state index contributed by atoms with van der Waals surface area (Å²) >= 11 is 0. The molecule has 1 aromatic rings. The Morgan fingerprint density at radius 1 is 1.50 bits per heavy atom. The minimum atomic E-state index is -0.985. The van der Waals surface area contributed by atoms with Gasteiger partial charge in [0.1, 0.15) is 5.75 Å². The number of nitrogens with two attached hydrogens (primary N) is 1. The molecule has 0 aliphatic heterocycles. The Kier molecular flexibility index (Phi) is 3.48. The maximum absolute atomic E-state index is 10.2. The van der Waals surface area contributed by atoms with Crippen molar-refractivity contribution in [2.75, 3.05) is 6.61 Å². The van der Waals surface area contributed by atoms with Gasteiger partial charge < -0.3 is 15.6 Å². The van der Waals surface area contributed by atoms with E-state index in [2.05, 4.69) is 0 Å². The Balaban J connectivity index is 2.59. The highest BCUT2D eigenvalue weighted by molar-refractivity contribution is 5.68. The molecule has 1 rings (SSSR count). The maximum Gasteiger partial charge on any atom is 0.341 e. The van der Waals surface area contributed by atoms with E-state index in [9.17, 15) is 4.79 Å². The standard InChI is InChI=1S/C10H13NO3/c1-7(11)8-2-4-9(5-3-8)14-6-10(12)13/h2-5,7H,6,11H2,1H3,(H,12,13)/t7-/m1/s1. The van der Waals surface area contributed by atoms with Crippen LogP contribution in [0.15, 0.2) is 24.3 Å². The monoisotopic (exact) mass is 195 g/mol. The van der Waals surface area contributed by atoms with Crippen LogP contribution < -0.4 is 10.5 Å². The average molecular weight is 195 g/mol. The van der Waals surface area contributed by atoms with Crippen LogP contribution in [-0.2, 0) is 4.79 Å². The third-order valence-electron chi connectivity index (χ3n) is 1.77. The molecule has 4 heteroatoms. The molecule has 0 spiro atoms. The zero-order valence-corrected chi connectivity index (χ0v) is 7.93. The summed E-state index contributed by atoms with van der Waals surface area (Å²) < 4.78 is 4.96. The fourth-order valence-electron chi connectivity index (χ4n) is 1.01. The first-order valence-corrected chi connectivity index (χ1v) is 4.29. The largest absolute Gasteiger partial charge is 0.482 e. The second kappa shape index (κ2) is 4.62. The van der Waals surface area contributed by atoms with Gasteiger partial charge in [-0.25, -0.2) is 4.79 Å². The molecule has 1 aromatic carbocycles. The molecule has 0 saturated carbocycles. The predicted molar refractivity (Wildman–Crippen MR) is 52.2 cm³/mol. The topological polar surface area (TPSA) is 72.5 Å². The average Bonchev–Trinajstić information content (AvgIpc) is 2.15. The van der Waals surface area contributed by atoms with E-state index in [0.717, 1.165) is 5.56 Å². The first-order chi connectivity index (χ1) is 6.59. The number of carbonyl (C=O) groups is 1. The van der Waals surface area contributed by atoms with Crippen LogP contribution >= 0.6 is 0 Å². The molecule has 14 heavy (non-hydrogen) atoms. The van der Waals surface area contributed by atoms with Crippen LogP contribution in [0.5, 0.6) is 5.75 Å². The molecule has 4 nitrogen and oxygen atoms in total. The highest BCUT2D eigenvalue weighted by Gasteiger charge is 2.01. The molecule has 0 saturated heterocycles. The number of hydrogen-bond acceptors (Lipinski definition) is 3. The van der Waals surface area contributed by atoms with Crippen molar-refractivity contribution in [2.45, 2.75) is 13.0 Å². The van der Waals surface area contributed by atoms with E-state index in [4.69, 9.17) is 15.6 Å². The molecule has 3 N–H and O–H groups in total. The number of benzene rings is 1. The Labute approximate surface area is 82.3 Å². The van der Waals surface area contributed by atoms with Crippen LogP contribution in [0.2, 0.25) is 0 Å². The highest BCUT2D eigenvalue weighted by Crippen LogP contribution is 2.15. The van der Waals surface area contributed by atoms with Crippen molar-refractivity contribution in [3.8, 4) is 5.75 Å². The molecule has 0 heterocycles. The summed E-state index contributed by atoms with van der Waals surface area (Å²) in [5.41, 5.74) is 6.64. The first kappa shape index (κ1) is 10.5. The molecule has 0 unspecified atom stereocenters. The molecule has 0 aliphatic rings. The van der Waals surface area contributed by atoms with Crippen LogP contribution in [-0.4, -0.2) is 17.7 Å². The maximum atomic E-state index is 10.2. The number of carboxylic acids is 1. The molecule has 76 valence electrons.